The molecule has 0 saturated carbocycles. The zero-order chi connectivity index (χ0) is 11.3. The summed E-state index contributed by atoms with van der Waals surface area (Å²) in [5, 5.41) is 0.974. The van der Waals surface area contributed by atoms with Gasteiger partial charge in [-0.15, -0.1) is 0 Å². The summed E-state index contributed by atoms with van der Waals surface area (Å²) in [4.78, 5) is 22.1. The third-order valence-corrected chi connectivity index (χ3v) is 2.86. The number of hydrogen-bond donors (Lipinski definition) is 1. The molecular formula is C8H14N2O2S2. The SMILES string of the molecule is CC(=O)C(SC(=S)NN(C)C)C(C)=O. The predicted molar refractivity (Wildman–Crippen MR) is 62.2 cm³/mol. The Morgan fingerprint density at radius 3 is 2.00 bits per heavy atom. The van der Waals surface area contributed by atoms with Crippen molar-refractivity contribution in [2.24, 2.45) is 0 Å². The van der Waals surface area contributed by atoms with Gasteiger partial charge >= 0.3 is 0 Å². The summed E-state index contributed by atoms with van der Waals surface area (Å²) in [5.74, 6) is -0.351. The van der Waals surface area contributed by atoms with E-state index in [0.717, 1.165) is 11.8 Å². The van der Waals surface area contributed by atoms with Crippen LogP contribution in [-0.4, -0.2) is 40.2 Å². The molecule has 4 nitrogen and oxygen atoms in total. The molecule has 0 aromatic heterocycles. The number of Topliss-reactive ketones (excluding diaryl/α,β-unsaturated/α-hetero) is 2. The molecule has 0 aliphatic rings. The van der Waals surface area contributed by atoms with Crippen molar-refractivity contribution in [1.82, 2.24) is 10.4 Å². The summed E-state index contributed by atoms with van der Waals surface area (Å²) in [6.07, 6.45) is 0. The lowest BCUT2D eigenvalue weighted by Crippen LogP contribution is -2.36. The fraction of sp³-hybridized carbons (Fsp3) is 0.625. The minimum atomic E-state index is -0.685. The molecule has 1 N–H and O–H groups in total. The molecule has 0 aromatic carbocycles. The van der Waals surface area contributed by atoms with Crippen molar-refractivity contribution in [2.75, 3.05) is 14.1 Å². The average molecular weight is 234 g/mol. The van der Waals surface area contributed by atoms with Crippen LogP contribution in [0.1, 0.15) is 13.8 Å². The van der Waals surface area contributed by atoms with Crippen molar-refractivity contribution < 1.29 is 9.59 Å². The number of carbonyl (C=O) groups is 2. The van der Waals surface area contributed by atoms with Gasteiger partial charge in [0.15, 0.2) is 11.6 Å². The molecule has 0 radical (unpaired) electrons. The summed E-state index contributed by atoms with van der Waals surface area (Å²) >= 11 is 6.02. The number of hydrazine groups is 1. The van der Waals surface area contributed by atoms with Gasteiger partial charge in [-0.05, 0) is 13.8 Å². The molecule has 0 amide bonds. The van der Waals surface area contributed by atoms with Gasteiger partial charge in [-0.3, -0.25) is 9.59 Å². The molecule has 0 aromatic rings. The van der Waals surface area contributed by atoms with Crippen molar-refractivity contribution in [3.63, 3.8) is 0 Å². The Hall–Kier alpha value is -0.460. The van der Waals surface area contributed by atoms with Crippen LogP contribution in [0.25, 0.3) is 0 Å². The van der Waals surface area contributed by atoms with E-state index in [1.54, 1.807) is 19.1 Å². The summed E-state index contributed by atoms with van der Waals surface area (Å²) in [6, 6.07) is 0. The van der Waals surface area contributed by atoms with E-state index in [1.165, 1.54) is 13.8 Å². The van der Waals surface area contributed by atoms with E-state index in [1.807, 2.05) is 0 Å². The standard InChI is InChI=1S/C8H14N2O2S2/c1-5(11)7(6(2)12)14-8(13)9-10(3)4/h7H,1-4H3,(H,9,13). The molecule has 0 rings (SSSR count). The van der Waals surface area contributed by atoms with E-state index >= 15 is 0 Å². The molecule has 0 saturated heterocycles. The minimum Gasteiger partial charge on any atom is -0.305 e. The van der Waals surface area contributed by atoms with Crippen molar-refractivity contribution in [3.8, 4) is 0 Å². The first-order valence-corrected chi connectivity index (χ1v) is 5.29. The van der Waals surface area contributed by atoms with Crippen LogP contribution in [-0.2, 0) is 9.59 Å². The molecule has 14 heavy (non-hydrogen) atoms. The normalized spacial score (nSPS) is 10.4. The molecule has 0 heterocycles. The Kier molecular flexibility index (Phi) is 5.90. The first-order valence-electron chi connectivity index (χ1n) is 4.00. The number of ketones is 2. The van der Waals surface area contributed by atoms with E-state index in [4.69, 9.17) is 12.2 Å². The maximum atomic E-state index is 11.1. The van der Waals surface area contributed by atoms with Crippen molar-refractivity contribution in [3.05, 3.63) is 0 Å². The lowest BCUT2D eigenvalue weighted by molar-refractivity contribution is -0.123. The van der Waals surface area contributed by atoms with E-state index in [9.17, 15) is 9.59 Å². The number of carbonyl (C=O) groups excluding carboxylic acids is 2. The van der Waals surface area contributed by atoms with E-state index in [2.05, 4.69) is 5.43 Å². The predicted octanol–water partition coefficient (Wildman–Crippen LogP) is 0.617. The van der Waals surface area contributed by atoms with Gasteiger partial charge in [-0.1, -0.05) is 24.0 Å². The maximum Gasteiger partial charge on any atom is 0.150 e. The number of rotatable bonds is 4. The molecule has 0 fully saturated rings. The quantitative estimate of drug-likeness (QED) is 0.437. The van der Waals surface area contributed by atoms with Crippen LogP contribution in [0.15, 0.2) is 0 Å². The van der Waals surface area contributed by atoms with Gasteiger partial charge in [0, 0.05) is 14.1 Å². The van der Waals surface area contributed by atoms with E-state index < -0.39 is 5.25 Å². The number of hydrogen-bond acceptors (Lipinski definition) is 5. The zero-order valence-electron chi connectivity index (χ0n) is 8.66. The van der Waals surface area contributed by atoms with Crippen molar-refractivity contribution in [1.29, 1.82) is 0 Å². The third kappa shape index (κ3) is 5.31. The Labute approximate surface area is 93.4 Å². The highest BCUT2D eigenvalue weighted by Gasteiger charge is 2.21. The average Bonchev–Trinajstić information content (AvgIpc) is 1.97. The second kappa shape index (κ2) is 6.10. The summed E-state index contributed by atoms with van der Waals surface area (Å²) in [6.45, 7) is 2.77. The number of thiocarbonyl (C=S) groups is 1. The van der Waals surface area contributed by atoms with Crippen LogP contribution in [0.2, 0.25) is 0 Å². The van der Waals surface area contributed by atoms with Crippen LogP contribution in [0.4, 0.5) is 0 Å². The molecule has 6 heteroatoms. The topological polar surface area (TPSA) is 49.4 Å². The Morgan fingerprint density at radius 1 is 1.29 bits per heavy atom. The molecule has 80 valence electrons. The summed E-state index contributed by atoms with van der Waals surface area (Å²) in [7, 11) is 3.56. The Bertz CT molecular complexity index is 240. The fourth-order valence-electron chi connectivity index (χ4n) is 0.768. The molecule has 0 spiro atoms. The molecule has 0 aliphatic carbocycles. The van der Waals surface area contributed by atoms with Crippen LogP contribution in [0, 0.1) is 0 Å². The van der Waals surface area contributed by atoms with Crippen molar-refractivity contribution >= 4 is 39.9 Å². The first-order chi connectivity index (χ1) is 6.34. The van der Waals surface area contributed by atoms with Crippen molar-refractivity contribution in [2.45, 2.75) is 19.1 Å². The van der Waals surface area contributed by atoms with Crippen LogP contribution >= 0.6 is 24.0 Å². The fourth-order valence-corrected chi connectivity index (χ4v) is 2.02. The van der Waals surface area contributed by atoms with Gasteiger partial charge in [0.2, 0.25) is 0 Å². The highest BCUT2D eigenvalue weighted by atomic mass is 32.2. The summed E-state index contributed by atoms with van der Waals surface area (Å²) < 4.78 is 0.422. The van der Waals surface area contributed by atoms with E-state index in [0.29, 0.717) is 4.32 Å². The first kappa shape index (κ1) is 13.5. The van der Waals surface area contributed by atoms with Gasteiger partial charge in [-0.2, -0.15) is 0 Å². The lowest BCUT2D eigenvalue weighted by Gasteiger charge is -2.16. The third-order valence-electron chi connectivity index (χ3n) is 1.28. The van der Waals surface area contributed by atoms with Gasteiger partial charge in [0.1, 0.15) is 9.57 Å². The van der Waals surface area contributed by atoms with Gasteiger partial charge in [0.05, 0.1) is 0 Å². The number of thioether (sulfide) groups is 1. The monoisotopic (exact) mass is 234 g/mol. The Morgan fingerprint density at radius 2 is 1.71 bits per heavy atom. The molecular weight excluding hydrogens is 220 g/mol. The summed E-state index contributed by atoms with van der Waals surface area (Å²) in [5.41, 5.74) is 2.81. The Balaban J connectivity index is 4.24. The van der Waals surface area contributed by atoms with Gasteiger partial charge in [0.25, 0.3) is 0 Å². The highest BCUT2D eigenvalue weighted by Crippen LogP contribution is 2.14. The van der Waals surface area contributed by atoms with Gasteiger partial charge < -0.3 is 5.43 Å². The lowest BCUT2D eigenvalue weighted by atomic mass is 10.2. The largest absolute Gasteiger partial charge is 0.305 e. The van der Waals surface area contributed by atoms with Crippen LogP contribution < -0.4 is 5.43 Å². The minimum absolute atomic E-state index is 0.176. The van der Waals surface area contributed by atoms with Crippen LogP contribution in [0.5, 0.6) is 0 Å². The second-order valence-electron chi connectivity index (χ2n) is 3.01. The molecule has 0 unspecified atom stereocenters. The molecule has 0 bridgehead atoms. The zero-order valence-corrected chi connectivity index (χ0v) is 10.3. The highest BCUT2D eigenvalue weighted by molar-refractivity contribution is 8.24. The van der Waals surface area contributed by atoms with E-state index in [-0.39, 0.29) is 11.6 Å². The van der Waals surface area contributed by atoms with Gasteiger partial charge in [-0.25, -0.2) is 5.01 Å². The number of nitrogens with zero attached hydrogens (tertiary/aromatic N) is 1. The smallest absolute Gasteiger partial charge is 0.150 e. The maximum absolute atomic E-state index is 11.1. The molecule has 0 aliphatic heterocycles. The molecule has 0 atom stereocenters. The second-order valence-corrected chi connectivity index (χ2v) is 4.79. The van der Waals surface area contributed by atoms with Crippen LogP contribution in [0.3, 0.4) is 0 Å². The number of nitrogens with one attached hydrogen (secondary N) is 1.